The number of likely N-dealkylation sites (N-methyl/N-ethyl adjacent to an activating group) is 2. The van der Waals surface area contributed by atoms with E-state index in [1.807, 2.05) is 6.07 Å². The normalized spacial score (nSPS) is 16.2. The van der Waals surface area contributed by atoms with Gasteiger partial charge in [0.05, 0.1) is 0 Å². The first kappa shape index (κ1) is 17.6. The van der Waals surface area contributed by atoms with Crippen LogP contribution in [0.5, 0.6) is 0 Å². The molecule has 0 fully saturated rings. The Balaban J connectivity index is 3.05. The van der Waals surface area contributed by atoms with Crippen molar-refractivity contribution < 1.29 is 4.39 Å². The van der Waals surface area contributed by atoms with Crippen molar-refractivity contribution >= 4 is 15.9 Å². The van der Waals surface area contributed by atoms with E-state index >= 15 is 0 Å². The summed E-state index contributed by atoms with van der Waals surface area (Å²) in [5.41, 5.74) is 0.747. The molecule has 114 valence electrons. The van der Waals surface area contributed by atoms with Crippen molar-refractivity contribution in [3.8, 4) is 0 Å². The molecule has 0 aliphatic heterocycles. The predicted octanol–water partition coefficient (Wildman–Crippen LogP) is 3.84. The molecule has 0 heterocycles. The number of halogens is 2. The number of nitrogens with one attached hydrogen (secondary N) is 1. The van der Waals surface area contributed by atoms with E-state index < -0.39 is 0 Å². The van der Waals surface area contributed by atoms with Gasteiger partial charge in [0.1, 0.15) is 5.82 Å². The van der Waals surface area contributed by atoms with E-state index in [1.54, 1.807) is 6.07 Å². The molecular weight excluding hydrogens is 319 g/mol. The summed E-state index contributed by atoms with van der Waals surface area (Å²) in [7, 11) is 4.18. The van der Waals surface area contributed by atoms with Crippen LogP contribution in [0.2, 0.25) is 0 Å². The molecule has 1 aromatic carbocycles. The highest BCUT2D eigenvalue weighted by molar-refractivity contribution is 9.10. The number of nitrogens with zero attached hydrogens (tertiary/aromatic N) is 1. The highest BCUT2D eigenvalue weighted by atomic mass is 79.9. The molecule has 2 nitrogen and oxygen atoms in total. The number of hydrogen-bond acceptors (Lipinski definition) is 2. The van der Waals surface area contributed by atoms with Gasteiger partial charge in [0.2, 0.25) is 0 Å². The first-order chi connectivity index (χ1) is 9.35. The van der Waals surface area contributed by atoms with Crippen molar-refractivity contribution in [2.75, 3.05) is 20.6 Å². The zero-order valence-corrected chi connectivity index (χ0v) is 14.7. The maximum absolute atomic E-state index is 14.0. The fourth-order valence-corrected chi connectivity index (χ4v) is 2.96. The van der Waals surface area contributed by atoms with Crippen LogP contribution in [0, 0.1) is 5.82 Å². The van der Waals surface area contributed by atoms with Crippen LogP contribution in [0.25, 0.3) is 0 Å². The predicted molar refractivity (Wildman–Crippen MR) is 87.7 cm³/mol. The van der Waals surface area contributed by atoms with Crippen molar-refractivity contribution in [2.24, 2.45) is 0 Å². The summed E-state index contributed by atoms with van der Waals surface area (Å²) >= 11 is 3.42. The molecule has 0 saturated carbocycles. The third-order valence-corrected chi connectivity index (χ3v) is 4.86. The molecule has 2 unspecified atom stereocenters. The summed E-state index contributed by atoms with van der Waals surface area (Å²) in [5.74, 6) is -0.131. The van der Waals surface area contributed by atoms with E-state index in [4.69, 9.17) is 0 Å². The fraction of sp³-hybridized carbons (Fsp3) is 0.625. The van der Waals surface area contributed by atoms with Gasteiger partial charge in [-0.25, -0.2) is 4.39 Å². The topological polar surface area (TPSA) is 15.3 Å². The average molecular weight is 345 g/mol. The summed E-state index contributed by atoms with van der Waals surface area (Å²) in [4.78, 5) is 2.23. The second kappa shape index (κ2) is 7.53. The lowest BCUT2D eigenvalue weighted by Crippen LogP contribution is -2.57. The second-order valence-corrected chi connectivity index (χ2v) is 6.57. The first-order valence-electron chi connectivity index (χ1n) is 7.19. The summed E-state index contributed by atoms with van der Waals surface area (Å²) in [5, 5.41) is 3.53. The molecule has 0 amide bonds. The molecule has 1 rings (SSSR count). The lowest BCUT2D eigenvalue weighted by Gasteiger charge is -2.43. The van der Waals surface area contributed by atoms with Gasteiger partial charge in [-0.05, 0) is 64.2 Å². The third-order valence-electron chi connectivity index (χ3n) is 4.37. The zero-order chi connectivity index (χ0) is 15.3. The summed E-state index contributed by atoms with van der Waals surface area (Å²) in [6, 6.07) is 5.36. The second-order valence-electron chi connectivity index (χ2n) is 5.66. The summed E-state index contributed by atoms with van der Waals surface area (Å²) in [6.45, 7) is 7.39. The van der Waals surface area contributed by atoms with Crippen LogP contribution < -0.4 is 5.32 Å². The first-order valence-corrected chi connectivity index (χ1v) is 7.99. The largest absolute Gasteiger partial charge is 0.312 e. The molecule has 0 aliphatic carbocycles. The molecule has 0 spiro atoms. The van der Waals surface area contributed by atoms with E-state index in [0.717, 1.165) is 23.0 Å². The Hall–Kier alpha value is -0.450. The third kappa shape index (κ3) is 4.03. The van der Waals surface area contributed by atoms with Crippen molar-refractivity contribution in [2.45, 2.75) is 45.2 Å². The van der Waals surface area contributed by atoms with Crippen molar-refractivity contribution in [1.82, 2.24) is 10.2 Å². The Morgan fingerprint density at radius 1 is 1.35 bits per heavy atom. The van der Waals surface area contributed by atoms with Gasteiger partial charge in [0.25, 0.3) is 0 Å². The van der Waals surface area contributed by atoms with E-state index in [-0.39, 0.29) is 17.4 Å². The quantitative estimate of drug-likeness (QED) is 0.808. The standard InChI is InChI=1S/C16H26BrFN2/c1-6-16(3,20(4)5)15(19-7-2)11-12-10-13(17)8-9-14(12)18/h8-10,15,19H,6-7,11H2,1-5H3. The smallest absolute Gasteiger partial charge is 0.126 e. The Bertz CT molecular complexity index is 436. The van der Waals surface area contributed by atoms with Crippen LogP contribution in [-0.4, -0.2) is 37.1 Å². The number of benzene rings is 1. The minimum absolute atomic E-state index is 0.00916. The Labute approximate surface area is 130 Å². The monoisotopic (exact) mass is 344 g/mol. The van der Waals surface area contributed by atoms with E-state index in [1.165, 1.54) is 6.07 Å². The summed E-state index contributed by atoms with van der Waals surface area (Å²) in [6.07, 6.45) is 1.69. The maximum atomic E-state index is 14.0. The summed E-state index contributed by atoms with van der Waals surface area (Å²) < 4.78 is 14.9. The minimum atomic E-state index is -0.131. The molecule has 0 aromatic heterocycles. The van der Waals surface area contributed by atoms with Crippen LogP contribution in [0.1, 0.15) is 32.8 Å². The van der Waals surface area contributed by atoms with Gasteiger partial charge in [-0.2, -0.15) is 0 Å². The Kier molecular flexibility index (Phi) is 6.62. The zero-order valence-electron chi connectivity index (χ0n) is 13.1. The van der Waals surface area contributed by atoms with Crippen LogP contribution >= 0.6 is 15.9 Å². The molecule has 0 bridgehead atoms. The van der Waals surface area contributed by atoms with E-state index in [2.05, 4.69) is 61.0 Å². The molecule has 1 N–H and O–H groups in total. The fourth-order valence-electron chi connectivity index (χ4n) is 2.55. The minimum Gasteiger partial charge on any atom is -0.312 e. The molecule has 1 aromatic rings. The molecular formula is C16H26BrFN2. The van der Waals surface area contributed by atoms with Crippen molar-refractivity contribution in [3.05, 3.63) is 34.1 Å². The van der Waals surface area contributed by atoms with Crippen LogP contribution in [0.4, 0.5) is 4.39 Å². The number of hydrogen-bond donors (Lipinski definition) is 1. The van der Waals surface area contributed by atoms with Crippen molar-refractivity contribution in [1.29, 1.82) is 0 Å². The maximum Gasteiger partial charge on any atom is 0.126 e. The average Bonchev–Trinajstić information content (AvgIpc) is 2.41. The van der Waals surface area contributed by atoms with Crippen LogP contribution in [-0.2, 0) is 6.42 Å². The Morgan fingerprint density at radius 2 is 2.00 bits per heavy atom. The number of rotatable bonds is 7. The highest BCUT2D eigenvalue weighted by Gasteiger charge is 2.34. The van der Waals surface area contributed by atoms with Gasteiger partial charge in [0, 0.05) is 16.1 Å². The molecule has 20 heavy (non-hydrogen) atoms. The van der Waals surface area contributed by atoms with Gasteiger partial charge in [-0.3, -0.25) is 0 Å². The van der Waals surface area contributed by atoms with Crippen LogP contribution in [0.15, 0.2) is 22.7 Å². The van der Waals surface area contributed by atoms with E-state index in [0.29, 0.717) is 6.42 Å². The van der Waals surface area contributed by atoms with Crippen LogP contribution in [0.3, 0.4) is 0 Å². The van der Waals surface area contributed by atoms with Gasteiger partial charge in [0.15, 0.2) is 0 Å². The molecule has 4 heteroatoms. The lowest BCUT2D eigenvalue weighted by molar-refractivity contribution is 0.113. The molecule has 0 radical (unpaired) electrons. The Morgan fingerprint density at radius 3 is 2.50 bits per heavy atom. The highest BCUT2D eigenvalue weighted by Crippen LogP contribution is 2.26. The molecule has 0 aliphatic rings. The lowest BCUT2D eigenvalue weighted by atomic mass is 9.84. The van der Waals surface area contributed by atoms with Gasteiger partial charge < -0.3 is 10.2 Å². The van der Waals surface area contributed by atoms with Crippen molar-refractivity contribution in [3.63, 3.8) is 0 Å². The van der Waals surface area contributed by atoms with Gasteiger partial charge >= 0.3 is 0 Å². The van der Waals surface area contributed by atoms with Gasteiger partial charge in [-0.15, -0.1) is 0 Å². The van der Waals surface area contributed by atoms with E-state index in [9.17, 15) is 4.39 Å². The SMILES string of the molecule is CCNC(Cc1cc(Br)ccc1F)C(C)(CC)N(C)C. The molecule has 2 atom stereocenters. The molecule has 0 saturated heterocycles. The van der Waals surface area contributed by atoms with Gasteiger partial charge in [-0.1, -0.05) is 29.8 Å².